The minimum atomic E-state index is -4.09. The van der Waals surface area contributed by atoms with Crippen LogP contribution in [0.3, 0.4) is 0 Å². The summed E-state index contributed by atoms with van der Waals surface area (Å²) in [5.74, 6) is -1.46. The molecule has 0 fully saturated rings. The summed E-state index contributed by atoms with van der Waals surface area (Å²) in [6.07, 6.45) is 4.55. The van der Waals surface area contributed by atoms with Gasteiger partial charge in [0.2, 0.25) is 0 Å². The second-order valence-corrected chi connectivity index (χ2v) is 9.27. The van der Waals surface area contributed by atoms with Gasteiger partial charge >= 0.3 is 19.0 Å². The normalized spacial score (nSPS) is 17.4. The van der Waals surface area contributed by atoms with E-state index in [1.54, 1.807) is 12.1 Å². The second-order valence-electron chi connectivity index (χ2n) is 9.27. The van der Waals surface area contributed by atoms with Crippen LogP contribution < -0.4 is 5.32 Å². The minimum absolute atomic E-state index is 0.0351. The highest BCUT2D eigenvalue weighted by atomic mass is 19.2. The number of aliphatic carboxylic acids is 1. The van der Waals surface area contributed by atoms with Gasteiger partial charge in [-0.2, -0.15) is 0 Å². The molecule has 2 aliphatic heterocycles. The van der Waals surface area contributed by atoms with Crippen molar-refractivity contribution in [2.45, 2.75) is 18.4 Å². The fraction of sp³-hybridized carbons (Fsp3) is 0.148. The summed E-state index contributed by atoms with van der Waals surface area (Å²) in [6, 6.07) is 17.5. The van der Waals surface area contributed by atoms with Gasteiger partial charge in [0, 0.05) is 35.8 Å². The Hall–Kier alpha value is -4.47. The molecule has 3 aliphatic rings. The Kier molecular flexibility index (Phi) is 5.33. The van der Waals surface area contributed by atoms with Crippen LogP contribution in [0.2, 0.25) is 0 Å². The number of benzene rings is 2. The van der Waals surface area contributed by atoms with Crippen LogP contribution in [0, 0.1) is 0 Å². The fourth-order valence-electron chi connectivity index (χ4n) is 5.40. The smallest absolute Gasteiger partial charge is 0.480 e. The molecule has 2 aromatic carbocycles. The summed E-state index contributed by atoms with van der Waals surface area (Å²) in [5, 5.41) is 12.2. The molecule has 0 saturated heterocycles. The molecule has 1 aromatic heterocycles. The topological polar surface area (TPSA) is 83.6 Å². The monoisotopic (exact) mass is 501 g/mol. The standard InChI is InChI=1S/C27H22BF2N3O4/c29-28(30)32-12-5-6-18(32)15-25-17(11-13-33(25)28)14-24(26(34)35)31-27(36)37-16-23-21-9-3-1-7-19(21)20-8-2-4-10-22(20)23/h1-13,15,23-24H,14,16H2,(H,31,36)(H,34,35). The first-order valence-corrected chi connectivity index (χ1v) is 11.9. The van der Waals surface area contributed by atoms with Crippen molar-refractivity contribution in [3.8, 4) is 11.1 Å². The molecule has 2 N–H and O–H groups in total. The molecule has 186 valence electrons. The third kappa shape index (κ3) is 3.76. The number of nitrogens with zero attached hydrogens (tertiary/aromatic N) is 2. The van der Waals surface area contributed by atoms with E-state index in [0.29, 0.717) is 11.3 Å². The molecular formula is C27H22BF2N3O4. The summed E-state index contributed by atoms with van der Waals surface area (Å²) < 4.78 is 37.2. The van der Waals surface area contributed by atoms with Crippen LogP contribution in [0.25, 0.3) is 17.2 Å². The number of hydrogen-bond donors (Lipinski definition) is 2. The predicted molar refractivity (Wildman–Crippen MR) is 134 cm³/mol. The number of fused-ring (bicyclic) bond motifs is 5. The van der Waals surface area contributed by atoms with Gasteiger partial charge < -0.3 is 32.8 Å². The van der Waals surface area contributed by atoms with Crippen molar-refractivity contribution in [3.63, 3.8) is 0 Å². The number of rotatable bonds is 6. The van der Waals surface area contributed by atoms with Crippen LogP contribution >= 0.6 is 0 Å². The lowest BCUT2D eigenvalue weighted by molar-refractivity contribution is -0.357. The number of amides is 1. The van der Waals surface area contributed by atoms with Crippen LogP contribution in [-0.4, -0.2) is 52.0 Å². The van der Waals surface area contributed by atoms with Crippen molar-refractivity contribution in [1.29, 1.82) is 0 Å². The SMILES string of the molecule is O=C(NC(CC1=CC=[N+]2C1=Cc1cccn1[B-]2(F)F)C(=O)O)OCC1c2ccccc2-c2ccccc21. The second kappa shape index (κ2) is 8.58. The van der Waals surface area contributed by atoms with Crippen LogP contribution in [0.1, 0.15) is 29.2 Å². The lowest BCUT2D eigenvalue weighted by Gasteiger charge is -2.28. The molecule has 10 heteroatoms. The van der Waals surface area contributed by atoms with Crippen LogP contribution in [-0.2, 0) is 9.53 Å². The Morgan fingerprint density at radius 1 is 1.05 bits per heavy atom. The van der Waals surface area contributed by atoms with Gasteiger partial charge in [0.1, 0.15) is 18.9 Å². The molecule has 3 aromatic rings. The number of alkyl carbamates (subject to hydrolysis) is 1. The Morgan fingerprint density at radius 3 is 2.41 bits per heavy atom. The van der Waals surface area contributed by atoms with Gasteiger partial charge in [0.05, 0.1) is 0 Å². The molecule has 0 saturated carbocycles. The van der Waals surface area contributed by atoms with Crippen LogP contribution in [0.5, 0.6) is 0 Å². The maximum atomic E-state index is 15.0. The summed E-state index contributed by atoms with van der Waals surface area (Å²) >= 11 is 0. The van der Waals surface area contributed by atoms with Gasteiger partial charge in [-0.15, -0.1) is 0 Å². The van der Waals surface area contributed by atoms with Crippen molar-refractivity contribution in [2.75, 3.05) is 6.61 Å². The van der Waals surface area contributed by atoms with E-state index in [1.165, 1.54) is 24.6 Å². The highest BCUT2D eigenvalue weighted by Crippen LogP contribution is 2.44. The lowest BCUT2D eigenvalue weighted by Crippen LogP contribution is -2.48. The Bertz CT molecular complexity index is 1500. The molecule has 0 bridgehead atoms. The van der Waals surface area contributed by atoms with E-state index in [2.05, 4.69) is 5.32 Å². The highest BCUT2D eigenvalue weighted by Gasteiger charge is 2.51. The molecule has 1 unspecified atom stereocenters. The van der Waals surface area contributed by atoms with Crippen molar-refractivity contribution in [2.24, 2.45) is 0 Å². The van der Waals surface area contributed by atoms with Gasteiger partial charge in [-0.1, -0.05) is 48.5 Å². The third-order valence-corrected chi connectivity index (χ3v) is 7.17. The summed E-state index contributed by atoms with van der Waals surface area (Å²) in [4.78, 5) is 24.6. The summed E-state index contributed by atoms with van der Waals surface area (Å²) in [6.45, 7) is -4.05. The van der Waals surface area contributed by atoms with Crippen molar-refractivity contribution in [3.05, 3.63) is 101 Å². The fourth-order valence-corrected chi connectivity index (χ4v) is 5.40. The average molecular weight is 501 g/mol. The van der Waals surface area contributed by atoms with E-state index in [4.69, 9.17) is 4.74 Å². The summed E-state index contributed by atoms with van der Waals surface area (Å²) in [5.41, 5.74) is 5.17. The highest BCUT2D eigenvalue weighted by molar-refractivity contribution is 6.57. The first kappa shape index (κ1) is 23.0. The zero-order chi connectivity index (χ0) is 25.7. The number of carbonyl (C=O) groups is 2. The third-order valence-electron chi connectivity index (χ3n) is 7.17. The van der Waals surface area contributed by atoms with E-state index < -0.39 is 25.1 Å². The van der Waals surface area contributed by atoms with Crippen molar-refractivity contribution >= 4 is 31.3 Å². The average Bonchev–Trinajstić information content (AvgIpc) is 3.60. The maximum absolute atomic E-state index is 15.0. The maximum Gasteiger partial charge on any atom is 0.736 e. The minimum Gasteiger partial charge on any atom is -0.480 e. The van der Waals surface area contributed by atoms with Gasteiger partial charge in [0.25, 0.3) is 0 Å². The molecule has 7 nitrogen and oxygen atoms in total. The van der Waals surface area contributed by atoms with Gasteiger partial charge in [-0.05, 0) is 40.6 Å². The molecular weight excluding hydrogens is 479 g/mol. The van der Waals surface area contributed by atoms with Gasteiger partial charge in [-0.25, -0.2) is 9.59 Å². The molecule has 6 rings (SSSR count). The number of halogens is 2. The van der Waals surface area contributed by atoms with Crippen molar-refractivity contribution in [1.82, 2.24) is 9.79 Å². The molecule has 1 amide bonds. The number of carboxylic acids is 1. The molecule has 3 heterocycles. The largest absolute Gasteiger partial charge is 0.736 e. The lowest BCUT2D eigenvalue weighted by atomic mass is 9.90. The molecule has 0 radical (unpaired) electrons. The number of allylic oxidation sites excluding steroid dienone is 2. The van der Waals surface area contributed by atoms with E-state index in [-0.39, 0.29) is 24.6 Å². The molecule has 1 aliphatic carbocycles. The van der Waals surface area contributed by atoms with E-state index in [1.807, 2.05) is 48.5 Å². The molecule has 37 heavy (non-hydrogen) atoms. The first-order chi connectivity index (χ1) is 17.8. The quantitative estimate of drug-likeness (QED) is 0.489. The molecule has 0 spiro atoms. The number of nitrogens with one attached hydrogen (secondary N) is 1. The van der Waals surface area contributed by atoms with Crippen LogP contribution in [0.4, 0.5) is 13.4 Å². The number of aromatic nitrogens is 1. The first-order valence-electron chi connectivity index (χ1n) is 11.9. The van der Waals surface area contributed by atoms with E-state index in [9.17, 15) is 23.3 Å². The number of ether oxygens (including phenoxy) is 1. The summed E-state index contributed by atoms with van der Waals surface area (Å²) in [7, 11) is 0. The number of carbonyl (C=O) groups excluding carboxylic acids is 1. The van der Waals surface area contributed by atoms with Crippen LogP contribution in [0.15, 0.2) is 84.2 Å². The van der Waals surface area contributed by atoms with E-state index >= 15 is 0 Å². The number of hydrogen-bond acceptors (Lipinski definition) is 3. The van der Waals surface area contributed by atoms with E-state index in [0.717, 1.165) is 31.2 Å². The molecule has 1 atom stereocenters. The number of carboxylic acid groups (broad SMARTS) is 1. The Balaban J connectivity index is 1.15. The van der Waals surface area contributed by atoms with Gasteiger partial charge in [0.15, 0.2) is 5.70 Å². The zero-order valence-corrected chi connectivity index (χ0v) is 19.6. The Morgan fingerprint density at radius 2 is 1.73 bits per heavy atom. The van der Waals surface area contributed by atoms with Gasteiger partial charge in [-0.3, -0.25) is 0 Å². The zero-order valence-electron chi connectivity index (χ0n) is 19.6. The predicted octanol–water partition coefficient (Wildman–Crippen LogP) is 4.47. The Labute approximate surface area is 211 Å². The van der Waals surface area contributed by atoms with Crippen molar-refractivity contribution < 1.29 is 32.6 Å².